The molecule has 1 N–H and O–H groups in total. The molecule has 2 unspecified atom stereocenters. The summed E-state index contributed by atoms with van der Waals surface area (Å²) >= 11 is 1.45. The van der Waals surface area contributed by atoms with Crippen molar-refractivity contribution in [3.05, 3.63) is 28.8 Å². The van der Waals surface area contributed by atoms with Gasteiger partial charge in [0.15, 0.2) is 11.5 Å². The van der Waals surface area contributed by atoms with Crippen molar-refractivity contribution < 1.29 is 14.3 Å². The number of likely N-dealkylation sites (tertiary alicyclic amines) is 1. The van der Waals surface area contributed by atoms with Gasteiger partial charge >= 0.3 is 0 Å². The molecule has 2 saturated heterocycles. The highest BCUT2D eigenvalue weighted by Gasteiger charge is 2.32. The fourth-order valence-electron chi connectivity index (χ4n) is 3.96. The lowest BCUT2D eigenvalue weighted by atomic mass is 10.1. The molecule has 3 heterocycles. The average molecular weight is 388 g/mol. The van der Waals surface area contributed by atoms with E-state index in [1.807, 2.05) is 30.0 Å². The van der Waals surface area contributed by atoms with Crippen molar-refractivity contribution in [1.29, 1.82) is 0 Å². The first-order valence-electron chi connectivity index (χ1n) is 9.34. The Labute approximate surface area is 163 Å². The summed E-state index contributed by atoms with van der Waals surface area (Å²) in [7, 11) is 3.23. The van der Waals surface area contributed by atoms with E-state index in [9.17, 15) is 4.79 Å². The molecule has 0 radical (unpaired) electrons. The molecule has 2 bridgehead atoms. The van der Waals surface area contributed by atoms with Gasteiger partial charge in [-0.05, 0) is 44.4 Å². The van der Waals surface area contributed by atoms with Gasteiger partial charge in [0.05, 0.1) is 19.9 Å². The number of aryl methyl sites for hydroxylation is 1. The molecule has 0 aliphatic carbocycles. The second-order valence-corrected chi connectivity index (χ2v) is 8.18. The number of hydrogen-bond donors (Lipinski definition) is 1. The minimum Gasteiger partial charge on any atom is -0.493 e. The van der Waals surface area contributed by atoms with E-state index in [0.29, 0.717) is 23.6 Å². The number of hydrogen-bond acceptors (Lipinski definition) is 6. The van der Waals surface area contributed by atoms with Crippen LogP contribution >= 0.6 is 11.3 Å². The summed E-state index contributed by atoms with van der Waals surface area (Å²) in [5, 5.41) is 4.45. The van der Waals surface area contributed by atoms with Gasteiger partial charge in [-0.3, -0.25) is 4.79 Å². The van der Waals surface area contributed by atoms with Gasteiger partial charge in [-0.25, -0.2) is 4.98 Å². The van der Waals surface area contributed by atoms with Crippen molar-refractivity contribution in [2.75, 3.05) is 27.3 Å². The Bertz CT molecular complexity index is 851. The maximum absolute atomic E-state index is 13.1. The summed E-state index contributed by atoms with van der Waals surface area (Å²) in [6.45, 7) is 3.52. The lowest BCUT2D eigenvalue weighted by molar-refractivity contribution is 0.0752. The van der Waals surface area contributed by atoms with E-state index >= 15 is 0 Å². The number of carbonyl (C=O) groups excluding carboxylic acids is 1. The number of benzene rings is 1. The summed E-state index contributed by atoms with van der Waals surface area (Å²) in [6.07, 6.45) is 3.42. The van der Waals surface area contributed by atoms with Gasteiger partial charge in [-0.15, -0.1) is 11.3 Å². The van der Waals surface area contributed by atoms with E-state index in [4.69, 9.17) is 9.47 Å². The summed E-state index contributed by atoms with van der Waals surface area (Å²) < 4.78 is 10.7. The number of methoxy groups -OCH3 is 2. The molecule has 144 valence electrons. The summed E-state index contributed by atoms with van der Waals surface area (Å²) in [5.41, 5.74) is 1.72. The molecule has 2 aliphatic heterocycles. The first-order chi connectivity index (χ1) is 13.1. The van der Waals surface area contributed by atoms with Gasteiger partial charge in [0.2, 0.25) is 0 Å². The van der Waals surface area contributed by atoms with Crippen LogP contribution in [-0.4, -0.2) is 55.2 Å². The Balaban J connectivity index is 1.59. The zero-order valence-corrected chi connectivity index (χ0v) is 16.8. The molecule has 2 aromatic rings. The molecule has 1 amide bonds. The van der Waals surface area contributed by atoms with Crippen LogP contribution in [0.15, 0.2) is 18.2 Å². The van der Waals surface area contributed by atoms with Crippen LogP contribution in [0.5, 0.6) is 11.5 Å². The first kappa shape index (κ1) is 18.3. The van der Waals surface area contributed by atoms with E-state index in [2.05, 4.69) is 10.3 Å². The topological polar surface area (TPSA) is 63.7 Å². The van der Waals surface area contributed by atoms with Crippen LogP contribution in [0, 0.1) is 6.92 Å². The minimum atomic E-state index is 0.103. The Hall–Kier alpha value is -2.12. The highest BCUT2D eigenvalue weighted by Crippen LogP contribution is 2.35. The normalized spacial score (nSPS) is 21.8. The smallest absolute Gasteiger partial charge is 0.265 e. The highest BCUT2D eigenvalue weighted by atomic mass is 32.1. The van der Waals surface area contributed by atoms with Gasteiger partial charge in [-0.2, -0.15) is 0 Å². The number of ether oxygens (including phenoxy) is 2. The largest absolute Gasteiger partial charge is 0.493 e. The average Bonchev–Trinajstić information content (AvgIpc) is 3.22. The molecule has 2 fully saturated rings. The van der Waals surface area contributed by atoms with Crippen molar-refractivity contribution in [2.24, 2.45) is 0 Å². The molecule has 7 heteroatoms. The van der Waals surface area contributed by atoms with Crippen LogP contribution in [0.3, 0.4) is 0 Å². The van der Waals surface area contributed by atoms with Gasteiger partial charge in [0, 0.05) is 30.7 Å². The molecule has 0 spiro atoms. The molecule has 1 aromatic heterocycles. The first-order valence-corrected chi connectivity index (χ1v) is 10.2. The van der Waals surface area contributed by atoms with Gasteiger partial charge in [0.25, 0.3) is 5.91 Å². The zero-order valence-electron chi connectivity index (χ0n) is 15.9. The Morgan fingerprint density at radius 3 is 2.74 bits per heavy atom. The van der Waals surface area contributed by atoms with E-state index in [1.165, 1.54) is 17.8 Å². The van der Waals surface area contributed by atoms with Crippen LogP contribution in [0.4, 0.5) is 0 Å². The monoisotopic (exact) mass is 387 g/mol. The summed E-state index contributed by atoms with van der Waals surface area (Å²) in [6, 6.07) is 6.71. The number of amides is 1. The van der Waals surface area contributed by atoms with Crippen LogP contribution < -0.4 is 14.8 Å². The van der Waals surface area contributed by atoms with Gasteiger partial charge in [-0.1, -0.05) is 0 Å². The predicted molar refractivity (Wildman–Crippen MR) is 106 cm³/mol. The number of thiazole rings is 1. The van der Waals surface area contributed by atoms with Crippen LogP contribution in [0.25, 0.3) is 10.6 Å². The van der Waals surface area contributed by atoms with Crippen LogP contribution in [0.2, 0.25) is 0 Å². The quantitative estimate of drug-likeness (QED) is 0.873. The lowest BCUT2D eigenvalue weighted by Gasteiger charge is -2.23. The lowest BCUT2D eigenvalue weighted by Crippen LogP contribution is -2.39. The zero-order chi connectivity index (χ0) is 19.0. The van der Waals surface area contributed by atoms with E-state index in [1.54, 1.807) is 14.2 Å². The van der Waals surface area contributed by atoms with Gasteiger partial charge in [0.1, 0.15) is 9.88 Å². The fraction of sp³-hybridized carbons (Fsp3) is 0.500. The molecule has 27 heavy (non-hydrogen) atoms. The molecule has 4 rings (SSSR count). The second-order valence-electron chi connectivity index (χ2n) is 7.18. The number of rotatable bonds is 4. The standard InChI is InChI=1S/C20H25N3O3S/c1-12-18(20(24)23-9-8-14-5-6-15(11-23)22-14)27-19(21-12)13-4-7-16(25-2)17(10-13)26-3/h4,7,10,14-15,22H,5-6,8-9,11H2,1-3H3. The van der Waals surface area contributed by atoms with Crippen LogP contribution in [0.1, 0.15) is 34.6 Å². The number of fused-ring (bicyclic) bond motifs is 2. The third-order valence-corrected chi connectivity index (χ3v) is 6.63. The molecule has 0 saturated carbocycles. The molecule has 1 aromatic carbocycles. The van der Waals surface area contributed by atoms with E-state index in [0.717, 1.165) is 47.1 Å². The number of nitrogens with zero attached hydrogens (tertiary/aromatic N) is 2. The SMILES string of the molecule is COc1ccc(-c2nc(C)c(C(=O)N3CCC4CCC(C3)N4)s2)cc1OC. The van der Waals surface area contributed by atoms with Crippen molar-refractivity contribution >= 4 is 17.2 Å². The van der Waals surface area contributed by atoms with Crippen molar-refractivity contribution in [3.63, 3.8) is 0 Å². The number of aromatic nitrogens is 1. The number of carbonyl (C=O) groups is 1. The minimum absolute atomic E-state index is 0.103. The second kappa shape index (κ2) is 7.48. The highest BCUT2D eigenvalue weighted by molar-refractivity contribution is 7.17. The van der Waals surface area contributed by atoms with Gasteiger partial charge < -0.3 is 19.7 Å². The number of nitrogens with one attached hydrogen (secondary N) is 1. The third kappa shape index (κ3) is 3.53. The van der Waals surface area contributed by atoms with Crippen molar-refractivity contribution in [3.8, 4) is 22.1 Å². The Kier molecular flexibility index (Phi) is 5.06. The Morgan fingerprint density at radius 2 is 1.96 bits per heavy atom. The van der Waals surface area contributed by atoms with Crippen molar-refractivity contribution in [1.82, 2.24) is 15.2 Å². The summed E-state index contributed by atoms with van der Waals surface area (Å²) in [5.74, 6) is 1.44. The maximum Gasteiger partial charge on any atom is 0.265 e. The summed E-state index contributed by atoms with van der Waals surface area (Å²) in [4.78, 5) is 20.5. The predicted octanol–water partition coefficient (Wildman–Crippen LogP) is 3.10. The third-order valence-electron chi connectivity index (χ3n) is 5.43. The van der Waals surface area contributed by atoms with E-state index < -0.39 is 0 Å². The molecule has 2 atom stereocenters. The van der Waals surface area contributed by atoms with Crippen LogP contribution in [-0.2, 0) is 0 Å². The molecule has 6 nitrogen and oxygen atoms in total. The Morgan fingerprint density at radius 1 is 1.19 bits per heavy atom. The molecular formula is C20H25N3O3S. The van der Waals surface area contributed by atoms with E-state index in [-0.39, 0.29) is 5.91 Å². The maximum atomic E-state index is 13.1. The van der Waals surface area contributed by atoms with Crippen molar-refractivity contribution in [2.45, 2.75) is 38.3 Å². The molecular weight excluding hydrogens is 362 g/mol. The fourth-order valence-corrected chi connectivity index (χ4v) is 4.99. The molecule has 2 aliphatic rings.